The molecule has 1 saturated heterocycles. The summed E-state index contributed by atoms with van der Waals surface area (Å²) in [7, 11) is 0. The minimum atomic E-state index is 0.0104. The first kappa shape index (κ1) is 13.4. The lowest BCUT2D eigenvalue weighted by atomic mass is 10.2. The number of aromatic nitrogens is 1. The Bertz CT molecular complexity index is 447. The lowest BCUT2D eigenvalue weighted by molar-refractivity contribution is 0.0937. The third-order valence-corrected chi connectivity index (χ3v) is 4.14. The van der Waals surface area contributed by atoms with Crippen molar-refractivity contribution in [2.24, 2.45) is 0 Å². The summed E-state index contributed by atoms with van der Waals surface area (Å²) < 4.78 is 0. The third kappa shape index (κ3) is 3.10. The van der Waals surface area contributed by atoms with Crippen LogP contribution in [-0.4, -0.2) is 43.1 Å². The van der Waals surface area contributed by atoms with E-state index in [0.29, 0.717) is 11.6 Å². The van der Waals surface area contributed by atoms with Crippen molar-refractivity contribution in [2.75, 3.05) is 31.1 Å². The standard InChI is InChI=1S/C15H22N4O/c20-15(18-13-3-1-2-4-13)12-5-6-14(17-11-12)19-9-7-16-8-10-19/h5-6,11,13,16H,1-4,7-10H2,(H,18,20). The van der Waals surface area contributed by atoms with Crippen LogP contribution in [0.2, 0.25) is 0 Å². The molecule has 2 aliphatic rings. The van der Waals surface area contributed by atoms with Crippen molar-refractivity contribution in [1.82, 2.24) is 15.6 Å². The molecule has 108 valence electrons. The van der Waals surface area contributed by atoms with Gasteiger partial charge < -0.3 is 15.5 Å². The maximum Gasteiger partial charge on any atom is 0.253 e. The number of amides is 1. The van der Waals surface area contributed by atoms with E-state index in [2.05, 4.69) is 20.5 Å². The summed E-state index contributed by atoms with van der Waals surface area (Å²) >= 11 is 0. The summed E-state index contributed by atoms with van der Waals surface area (Å²) in [5.41, 5.74) is 0.663. The van der Waals surface area contributed by atoms with Gasteiger partial charge in [-0.05, 0) is 25.0 Å². The molecule has 3 rings (SSSR count). The molecule has 1 amide bonds. The Hall–Kier alpha value is -1.62. The molecule has 0 unspecified atom stereocenters. The van der Waals surface area contributed by atoms with Crippen LogP contribution < -0.4 is 15.5 Å². The summed E-state index contributed by atoms with van der Waals surface area (Å²) in [4.78, 5) is 18.8. The number of rotatable bonds is 3. The molecule has 0 bridgehead atoms. The van der Waals surface area contributed by atoms with E-state index in [-0.39, 0.29) is 5.91 Å². The Balaban J connectivity index is 1.61. The fraction of sp³-hybridized carbons (Fsp3) is 0.600. The van der Waals surface area contributed by atoms with Crippen molar-refractivity contribution in [3.63, 3.8) is 0 Å². The maximum absolute atomic E-state index is 12.1. The Morgan fingerprint density at radius 2 is 2.00 bits per heavy atom. The molecule has 0 atom stereocenters. The second kappa shape index (κ2) is 6.22. The number of nitrogens with one attached hydrogen (secondary N) is 2. The molecule has 5 nitrogen and oxygen atoms in total. The fourth-order valence-electron chi connectivity index (χ4n) is 2.94. The van der Waals surface area contributed by atoms with Crippen molar-refractivity contribution in [2.45, 2.75) is 31.7 Å². The largest absolute Gasteiger partial charge is 0.354 e. The molecular weight excluding hydrogens is 252 g/mol. The van der Waals surface area contributed by atoms with E-state index in [1.807, 2.05) is 12.1 Å². The van der Waals surface area contributed by atoms with Crippen LogP contribution in [0.15, 0.2) is 18.3 Å². The van der Waals surface area contributed by atoms with Crippen LogP contribution in [0.25, 0.3) is 0 Å². The van der Waals surface area contributed by atoms with Crippen LogP contribution in [0.3, 0.4) is 0 Å². The average molecular weight is 274 g/mol. The summed E-state index contributed by atoms with van der Waals surface area (Å²) in [5, 5.41) is 6.41. The van der Waals surface area contributed by atoms with E-state index in [1.165, 1.54) is 12.8 Å². The van der Waals surface area contributed by atoms with Gasteiger partial charge in [0.1, 0.15) is 5.82 Å². The van der Waals surface area contributed by atoms with Crippen LogP contribution in [0.1, 0.15) is 36.0 Å². The number of pyridine rings is 1. The van der Waals surface area contributed by atoms with Gasteiger partial charge in [0.15, 0.2) is 0 Å². The Morgan fingerprint density at radius 1 is 1.25 bits per heavy atom. The normalized spacial score (nSPS) is 20.1. The summed E-state index contributed by atoms with van der Waals surface area (Å²) in [6, 6.07) is 4.19. The van der Waals surface area contributed by atoms with Gasteiger partial charge in [0.2, 0.25) is 0 Å². The molecular formula is C15H22N4O. The van der Waals surface area contributed by atoms with E-state index in [9.17, 15) is 4.79 Å². The zero-order valence-corrected chi connectivity index (χ0v) is 11.8. The van der Waals surface area contributed by atoms with Gasteiger partial charge in [-0.1, -0.05) is 12.8 Å². The van der Waals surface area contributed by atoms with E-state index in [4.69, 9.17) is 0 Å². The third-order valence-electron chi connectivity index (χ3n) is 4.14. The second-order valence-electron chi connectivity index (χ2n) is 5.60. The average Bonchev–Trinajstić information content (AvgIpc) is 3.01. The summed E-state index contributed by atoms with van der Waals surface area (Å²) in [5.74, 6) is 0.972. The predicted octanol–water partition coefficient (Wildman–Crippen LogP) is 1.16. The Morgan fingerprint density at radius 3 is 2.65 bits per heavy atom. The van der Waals surface area contributed by atoms with Gasteiger partial charge in [0.25, 0.3) is 5.91 Å². The van der Waals surface area contributed by atoms with Crippen LogP contribution in [0.4, 0.5) is 5.82 Å². The minimum Gasteiger partial charge on any atom is -0.354 e. The monoisotopic (exact) mass is 274 g/mol. The van der Waals surface area contributed by atoms with Crippen LogP contribution >= 0.6 is 0 Å². The van der Waals surface area contributed by atoms with E-state index in [1.54, 1.807) is 6.20 Å². The van der Waals surface area contributed by atoms with Gasteiger partial charge in [-0.25, -0.2) is 4.98 Å². The van der Waals surface area contributed by atoms with E-state index in [0.717, 1.165) is 44.8 Å². The van der Waals surface area contributed by atoms with Gasteiger partial charge in [-0.2, -0.15) is 0 Å². The van der Waals surface area contributed by atoms with Crippen LogP contribution in [0, 0.1) is 0 Å². The highest BCUT2D eigenvalue weighted by atomic mass is 16.1. The number of carbonyl (C=O) groups is 1. The van der Waals surface area contributed by atoms with Crippen molar-refractivity contribution in [3.05, 3.63) is 23.9 Å². The van der Waals surface area contributed by atoms with Crippen LogP contribution in [-0.2, 0) is 0 Å². The highest BCUT2D eigenvalue weighted by Crippen LogP contribution is 2.18. The molecule has 1 saturated carbocycles. The lowest BCUT2D eigenvalue weighted by Crippen LogP contribution is -2.43. The quantitative estimate of drug-likeness (QED) is 0.868. The summed E-state index contributed by atoms with van der Waals surface area (Å²) in [6.07, 6.45) is 6.37. The zero-order chi connectivity index (χ0) is 13.8. The maximum atomic E-state index is 12.1. The SMILES string of the molecule is O=C(NC1CCCC1)c1ccc(N2CCNCC2)nc1. The van der Waals surface area contributed by atoms with Gasteiger partial charge in [0.05, 0.1) is 5.56 Å². The molecule has 1 aliphatic heterocycles. The highest BCUT2D eigenvalue weighted by Gasteiger charge is 2.18. The molecule has 20 heavy (non-hydrogen) atoms. The smallest absolute Gasteiger partial charge is 0.253 e. The minimum absolute atomic E-state index is 0.0104. The first-order valence-electron chi connectivity index (χ1n) is 7.55. The number of hydrogen-bond donors (Lipinski definition) is 2. The van der Waals surface area contributed by atoms with Crippen molar-refractivity contribution in [1.29, 1.82) is 0 Å². The Kier molecular flexibility index (Phi) is 4.16. The molecule has 1 aromatic rings. The molecule has 0 spiro atoms. The molecule has 0 aromatic carbocycles. The highest BCUT2D eigenvalue weighted by molar-refractivity contribution is 5.94. The fourth-order valence-corrected chi connectivity index (χ4v) is 2.94. The summed E-state index contributed by atoms with van der Waals surface area (Å²) in [6.45, 7) is 3.93. The molecule has 5 heteroatoms. The van der Waals surface area contributed by atoms with Crippen LogP contribution in [0.5, 0.6) is 0 Å². The first-order valence-corrected chi connectivity index (χ1v) is 7.55. The lowest BCUT2D eigenvalue weighted by Gasteiger charge is -2.28. The molecule has 0 radical (unpaired) electrons. The van der Waals surface area contributed by atoms with Gasteiger partial charge >= 0.3 is 0 Å². The molecule has 1 aromatic heterocycles. The second-order valence-corrected chi connectivity index (χ2v) is 5.60. The molecule has 2 heterocycles. The van der Waals surface area contributed by atoms with Crippen molar-refractivity contribution in [3.8, 4) is 0 Å². The van der Waals surface area contributed by atoms with Gasteiger partial charge in [-0.15, -0.1) is 0 Å². The number of nitrogens with zero attached hydrogens (tertiary/aromatic N) is 2. The number of anilines is 1. The van der Waals surface area contributed by atoms with Crippen molar-refractivity contribution >= 4 is 11.7 Å². The van der Waals surface area contributed by atoms with Gasteiger partial charge in [0, 0.05) is 38.4 Å². The predicted molar refractivity (Wildman–Crippen MR) is 79.0 cm³/mol. The van der Waals surface area contributed by atoms with Gasteiger partial charge in [-0.3, -0.25) is 4.79 Å². The molecule has 2 N–H and O–H groups in total. The Labute approximate surface area is 119 Å². The molecule has 2 fully saturated rings. The number of hydrogen-bond acceptors (Lipinski definition) is 4. The molecule has 1 aliphatic carbocycles. The zero-order valence-electron chi connectivity index (χ0n) is 11.8. The topological polar surface area (TPSA) is 57.3 Å². The van der Waals surface area contributed by atoms with Crippen molar-refractivity contribution < 1.29 is 4.79 Å². The number of piperazine rings is 1. The van der Waals surface area contributed by atoms with E-state index < -0.39 is 0 Å². The first-order chi connectivity index (χ1) is 9.83. The number of carbonyl (C=O) groups excluding carboxylic acids is 1. The van der Waals surface area contributed by atoms with E-state index >= 15 is 0 Å².